The number of rotatable bonds is 5. The molecule has 22 heavy (non-hydrogen) atoms. The number of benzene rings is 1. The fraction of sp³-hybridized carbons (Fsp3) is 0.312. The van der Waals surface area contributed by atoms with Gasteiger partial charge >= 0.3 is 5.69 Å². The maximum absolute atomic E-state index is 11.0. The predicted molar refractivity (Wildman–Crippen MR) is 80.3 cm³/mol. The van der Waals surface area contributed by atoms with Gasteiger partial charge in [-0.3, -0.25) is 10.1 Å². The summed E-state index contributed by atoms with van der Waals surface area (Å²) in [6.07, 6.45) is 5.12. The summed E-state index contributed by atoms with van der Waals surface area (Å²) in [6.45, 7) is 4.98. The van der Waals surface area contributed by atoms with E-state index in [1.807, 2.05) is 31.5 Å². The largest absolute Gasteiger partial charge is 1.00 e. The molecule has 0 aliphatic heterocycles. The standard InChI is InChI=1S/C16H19N2O3.HI/c1-4-7-17-8-5-13(6-9-17)14-11-16(21-3)15(18(19)20)10-12(14)2;/h5-6,8-11H,4,7H2,1-3H3;1H/q+1;/p-1. The number of methoxy groups -OCH3 is 1. The summed E-state index contributed by atoms with van der Waals surface area (Å²) in [5.41, 5.74) is 2.82. The number of aromatic nitrogens is 1. The summed E-state index contributed by atoms with van der Waals surface area (Å²) >= 11 is 0. The molecule has 0 saturated carbocycles. The second-order valence-corrected chi connectivity index (χ2v) is 4.92. The molecule has 1 aromatic heterocycles. The van der Waals surface area contributed by atoms with Crippen molar-refractivity contribution in [2.75, 3.05) is 7.11 Å². The van der Waals surface area contributed by atoms with Gasteiger partial charge in [0, 0.05) is 24.6 Å². The van der Waals surface area contributed by atoms with Crippen LogP contribution in [0.25, 0.3) is 11.1 Å². The number of pyridine rings is 1. The van der Waals surface area contributed by atoms with E-state index in [-0.39, 0.29) is 35.4 Å². The maximum atomic E-state index is 11.0. The predicted octanol–water partition coefficient (Wildman–Crippen LogP) is 0.280. The van der Waals surface area contributed by atoms with E-state index in [1.165, 1.54) is 7.11 Å². The van der Waals surface area contributed by atoms with Crippen LogP contribution in [-0.2, 0) is 6.54 Å². The zero-order valence-corrected chi connectivity index (χ0v) is 15.0. The molecule has 2 rings (SSSR count). The normalized spacial score (nSPS) is 9.95. The van der Waals surface area contributed by atoms with Crippen LogP contribution in [0.1, 0.15) is 18.9 Å². The van der Waals surface area contributed by atoms with E-state index in [4.69, 9.17) is 4.74 Å². The van der Waals surface area contributed by atoms with Gasteiger partial charge in [0.1, 0.15) is 6.54 Å². The van der Waals surface area contributed by atoms with E-state index in [2.05, 4.69) is 11.5 Å². The Bertz CT molecular complexity index is 657. The van der Waals surface area contributed by atoms with Gasteiger partial charge in [-0.25, -0.2) is 4.57 Å². The average Bonchev–Trinajstić information content (AvgIpc) is 2.48. The number of nitro groups is 1. The molecule has 0 saturated heterocycles. The van der Waals surface area contributed by atoms with Gasteiger partial charge < -0.3 is 28.7 Å². The number of nitrogens with zero attached hydrogens (tertiary/aromatic N) is 2. The van der Waals surface area contributed by atoms with E-state index in [1.54, 1.807) is 12.1 Å². The molecule has 118 valence electrons. The lowest BCUT2D eigenvalue weighted by Gasteiger charge is -2.09. The van der Waals surface area contributed by atoms with Gasteiger partial charge in [-0.05, 0) is 29.7 Å². The minimum absolute atomic E-state index is 0. The Balaban J connectivity index is 0.00000242. The maximum Gasteiger partial charge on any atom is 0.311 e. The smallest absolute Gasteiger partial charge is 0.311 e. The molecular weight excluding hydrogens is 395 g/mol. The molecular formula is C16H19IN2O3. The van der Waals surface area contributed by atoms with Crippen LogP contribution < -0.4 is 33.3 Å². The Morgan fingerprint density at radius 2 is 1.91 bits per heavy atom. The van der Waals surface area contributed by atoms with Crippen molar-refractivity contribution in [2.45, 2.75) is 26.8 Å². The van der Waals surface area contributed by atoms with Crippen molar-refractivity contribution in [1.29, 1.82) is 0 Å². The Labute approximate surface area is 147 Å². The van der Waals surface area contributed by atoms with E-state index < -0.39 is 4.92 Å². The molecule has 1 heterocycles. The first-order valence-electron chi connectivity index (χ1n) is 6.89. The highest BCUT2D eigenvalue weighted by Crippen LogP contribution is 2.34. The van der Waals surface area contributed by atoms with Crippen molar-refractivity contribution in [3.05, 3.63) is 52.3 Å². The molecule has 0 aliphatic carbocycles. The summed E-state index contributed by atoms with van der Waals surface area (Å²) in [5, 5.41) is 11.0. The highest BCUT2D eigenvalue weighted by atomic mass is 127. The zero-order valence-electron chi connectivity index (χ0n) is 12.9. The fourth-order valence-corrected chi connectivity index (χ4v) is 2.33. The van der Waals surface area contributed by atoms with E-state index >= 15 is 0 Å². The molecule has 0 atom stereocenters. The van der Waals surface area contributed by atoms with E-state index in [9.17, 15) is 10.1 Å². The van der Waals surface area contributed by atoms with Gasteiger partial charge in [0.05, 0.1) is 12.0 Å². The molecule has 0 bridgehead atoms. The van der Waals surface area contributed by atoms with Crippen LogP contribution in [0.4, 0.5) is 5.69 Å². The van der Waals surface area contributed by atoms with Crippen molar-refractivity contribution in [2.24, 2.45) is 0 Å². The molecule has 0 amide bonds. The minimum Gasteiger partial charge on any atom is -1.00 e. The molecule has 5 nitrogen and oxygen atoms in total. The highest BCUT2D eigenvalue weighted by Gasteiger charge is 2.18. The molecule has 0 N–H and O–H groups in total. The summed E-state index contributed by atoms with van der Waals surface area (Å²) in [5.74, 6) is 0.283. The number of hydrogen-bond donors (Lipinski definition) is 0. The molecule has 1 aromatic carbocycles. The molecule has 0 aliphatic rings. The third-order valence-corrected chi connectivity index (χ3v) is 3.41. The molecule has 2 aromatic rings. The van der Waals surface area contributed by atoms with Gasteiger partial charge in [-0.2, -0.15) is 0 Å². The topological polar surface area (TPSA) is 56.2 Å². The first-order chi connectivity index (χ1) is 10.1. The van der Waals surface area contributed by atoms with Crippen LogP contribution in [0, 0.1) is 17.0 Å². The van der Waals surface area contributed by atoms with Gasteiger partial charge in [-0.15, -0.1) is 0 Å². The lowest BCUT2D eigenvalue weighted by atomic mass is 10.0. The van der Waals surface area contributed by atoms with Gasteiger partial charge in [0.15, 0.2) is 18.1 Å². The average molecular weight is 414 g/mol. The summed E-state index contributed by atoms with van der Waals surface area (Å²) < 4.78 is 7.25. The SMILES string of the molecule is CCC[n+]1ccc(-c2cc(OC)c([N+](=O)[O-])cc2C)cc1.[I-]. The second kappa shape index (κ2) is 8.07. The lowest BCUT2D eigenvalue weighted by molar-refractivity contribution is -0.696. The van der Waals surface area contributed by atoms with E-state index in [0.717, 1.165) is 29.7 Å². The third-order valence-electron chi connectivity index (χ3n) is 3.41. The summed E-state index contributed by atoms with van der Waals surface area (Å²) in [7, 11) is 1.45. The van der Waals surface area contributed by atoms with Crippen LogP contribution in [0.5, 0.6) is 5.75 Å². The van der Waals surface area contributed by atoms with Gasteiger partial charge in [0.2, 0.25) is 0 Å². The van der Waals surface area contributed by atoms with Crippen LogP contribution in [0.3, 0.4) is 0 Å². The second-order valence-electron chi connectivity index (χ2n) is 4.92. The zero-order chi connectivity index (χ0) is 15.4. The summed E-state index contributed by atoms with van der Waals surface area (Å²) in [6, 6.07) is 7.32. The first kappa shape index (κ1) is 18.3. The molecule has 0 radical (unpaired) electrons. The monoisotopic (exact) mass is 414 g/mol. The third kappa shape index (κ3) is 3.94. The lowest BCUT2D eigenvalue weighted by Crippen LogP contribution is -3.00. The summed E-state index contributed by atoms with van der Waals surface area (Å²) in [4.78, 5) is 10.6. The van der Waals surface area contributed by atoms with Crippen LogP contribution in [0.15, 0.2) is 36.7 Å². The number of nitro benzene ring substituents is 1. The molecule has 0 spiro atoms. The van der Waals surface area contributed by atoms with Gasteiger partial charge in [-0.1, -0.05) is 6.92 Å². The van der Waals surface area contributed by atoms with Crippen molar-refractivity contribution < 1.29 is 38.2 Å². The van der Waals surface area contributed by atoms with Crippen LogP contribution in [0.2, 0.25) is 0 Å². The van der Waals surface area contributed by atoms with Crippen molar-refractivity contribution in [1.82, 2.24) is 0 Å². The van der Waals surface area contributed by atoms with Gasteiger partial charge in [0.25, 0.3) is 0 Å². The minimum atomic E-state index is -0.421. The molecule has 0 unspecified atom stereocenters. The Kier molecular flexibility index (Phi) is 6.73. The fourth-order valence-electron chi connectivity index (χ4n) is 2.33. The quantitative estimate of drug-likeness (QED) is 0.306. The number of hydrogen-bond acceptors (Lipinski definition) is 3. The number of halogens is 1. The Hall–Kier alpha value is -1.70. The number of ether oxygens (including phenoxy) is 1. The van der Waals surface area contributed by atoms with Crippen molar-refractivity contribution >= 4 is 5.69 Å². The molecule has 0 fully saturated rings. The Morgan fingerprint density at radius 1 is 1.27 bits per heavy atom. The van der Waals surface area contributed by atoms with Crippen molar-refractivity contribution in [3.63, 3.8) is 0 Å². The van der Waals surface area contributed by atoms with Crippen molar-refractivity contribution in [3.8, 4) is 16.9 Å². The molecule has 6 heteroatoms. The van der Waals surface area contributed by atoms with Crippen LogP contribution >= 0.6 is 0 Å². The Morgan fingerprint density at radius 3 is 2.41 bits per heavy atom. The van der Waals surface area contributed by atoms with Crippen LogP contribution in [-0.4, -0.2) is 12.0 Å². The number of aryl methyl sites for hydroxylation is 2. The van der Waals surface area contributed by atoms with E-state index in [0.29, 0.717) is 0 Å². The highest BCUT2D eigenvalue weighted by molar-refractivity contribution is 5.71. The first-order valence-corrected chi connectivity index (χ1v) is 6.89.